The Morgan fingerprint density at radius 2 is 1.81 bits per heavy atom. The van der Waals surface area contributed by atoms with Crippen LogP contribution in [0.2, 0.25) is 0 Å². The van der Waals surface area contributed by atoms with Gasteiger partial charge in [-0.3, -0.25) is 14.9 Å². The molecule has 8 heteroatoms. The van der Waals surface area contributed by atoms with E-state index in [0.29, 0.717) is 29.1 Å². The van der Waals surface area contributed by atoms with E-state index in [0.717, 1.165) is 16.8 Å². The highest BCUT2D eigenvalue weighted by atomic mass is 16.6. The van der Waals surface area contributed by atoms with Crippen molar-refractivity contribution >= 4 is 34.2 Å². The summed E-state index contributed by atoms with van der Waals surface area (Å²) in [5.41, 5.74) is 4.85. The van der Waals surface area contributed by atoms with E-state index in [4.69, 9.17) is 0 Å². The van der Waals surface area contributed by atoms with E-state index >= 15 is 0 Å². The minimum atomic E-state index is -1.03. The maximum atomic E-state index is 11.3. The summed E-state index contributed by atoms with van der Waals surface area (Å²) in [6.07, 6.45) is -1.03. The summed E-state index contributed by atoms with van der Waals surface area (Å²) in [6, 6.07) is 21.5. The minimum Gasteiger partial charge on any atom is -0.369 e. The fourth-order valence-corrected chi connectivity index (χ4v) is 3.61. The van der Waals surface area contributed by atoms with Crippen LogP contribution < -0.4 is 16.0 Å². The van der Waals surface area contributed by atoms with Crippen molar-refractivity contribution in [2.75, 3.05) is 10.6 Å². The number of benzene rings is 3. The number of fused-ring (bicyclic) bond motifs is 1. The first kappa shape index (κ1) is 21.1. The van der Waals surface area contributed by atoms with E-state index in [9.17, 15) is 20.0 Å². The molecule has 0 spiro atoms. The van der Waals surface area contributed by atoms with Crippen molar-refractivity contribution in [1.29, 1.82) is 0 Å². The summed E-state index contributed by atoms with van der Waals surface area (Å²) < 4.78 is 0. The van der Waals surface area contributed by atoms with Gasteiger partial charge in [0.25, 0.3) is 5.69 Å². The molecule has 1 aliphatic heterocycles. The topological polar surface area (TPSA) is 117 Å². The van der Waals surface area contributed by atoms with Gasteiger partial charge >= 0.3 is 0 Å². The summed E-state index contributed by atoms with van der Waals surface area (Å²) in [5.74, 6) is -0.0984. The Bertz CT molecular complexity index is 1190. The summed E-state index contributed by atoms with van der Waals surface area (Å²) in [5, 5.41) is 31.2. The second-order valence-corrected chi connectivity index (χ2v) is 7.42. The van der Waals surface area contributed by atoms with Crippen LogP contribution in [-0.2, 0) is 11.3 Å². The molecule has 0 bridgehead atoms. The zero-order valence-corrected chi connectivity index (χ0v) is 17.3. The lowest BCUT2D eigenvalue weighted by atomic mass is 9.99. The number of amides is 1. The highest BCUT2D eigenvalue weighted by Gasteiger charge is 2.30. The third-order valence-electron chi connectivity index (χ3n) is 5.17. The summed E-state index contributed by atoms with van der Waals surface area (Å²) in [4.78, 5) is 22.0. The Labute approximate surface area is 184 Å². The molecule has 0 radical (unpaired) electrons. The van der Waals surface area contributed by atoms with Crippen LogP contribution in [0.1, 0.15) is 23.6 Å². The molecule has 1 amide bonds. The lowest BCUT2D eigenvalue weighted by molar-refractivity contribution is -0.384. The Kier molecular flexibility index (Phi) is 5.87. The number of non-ortho nitro benzene ring substituents is 1. The second-order valence-electron chi connectivity index (χ2n) is 7.42. The maximum absolute atomic E-state index is 11.3. The highest BCUT2D eigenvalue weighted by Crippen LogP contribution is 2.41. The van der Waals surface area contributed by atoms with Gasteiger partial charge in [0.05, 0.1) is 10.6 Å². The average molecular weight is 430 g/mol. The minimum absolute atomic E-state index is 0.0492. The largest absolute Gasteiger partial charge is 0.369 e. The molecule has 4 rings (SSSR count). The van der Waals surface area contributed by atoms with Crippen LogP contribution in [0.5, 0.6) is 0 Å². The van der Waals surface area contributed by atoms with Gasteiger partial charge in [-0.15, -0.1) is 0 Å². The summed E-state index contributed by atoms with van der Waals surface area (Å²) >= 11 is 0. The second kappa shape index (κ2) is 8.91. The van der Waals surface area contributed by atoms with E-state index in [2.05, 4.69) is 16.0 Å². The third kappa shape index (κ3) is 4.45. The van der Waals surface area contributed by atoms with Gasteiger partial charge in [-0.05, 0) is 29.3 Å². The number of nitrogens with zero attached hydrogens (tertiary/aromatic N) is 1. The standard InChI is InChI=1S/C24H22N4O4/c1-15(29)25-14-16-7-9-18(10-8-16)26-23(17-5-3-2-4-6-17)22-20-13-19(28(31)32)11-12-21(20)27-24(22)30/h2-13,24,26-27,30H,14H2,1H3,(H,25,29)/b23-22-. The fraction of sp³-hybridized carbons (Fsp3) is 0.125. The van der Waals surface area contributed by atoms with Gasteiger partial charge in [-0.2, -0.15) is 0 Å². The Morgan fingerprint density at radius 1 is 1.09 bits per heavy atom. The van der Waals surface area contributed by atoms with Gasteiger partial charge in [0.1, 0.15) is 0 Å². The first-order valence-electron chi connectivity index (χ1n) is 10.1. The highest BCUT2D eigenvalue weighted by molar-refractivity contribution is 6.03. The van der Waals surface area contributed by atoms with Crippen molar-refractivity contribution in [2.45, 2.75) is 19.7 Å². The fourth-order valence-electron chi connectivity index (χ4n) is 3.61. The van der Waals surface area contributed by atoms with Gasteiger partial charge in [-0.1, -0.05) is 42.5 Å². The quantitative estimate of drug-likeness (QED) is 0.348. The van der Waals surface area contributed by atoms with Gasteiger partial charge in [-0.25, -0.2) is 0 Å². The van der Waals surface area contributed by atoms with Gasteiger partial charge < -0.3 is 21.1 Å². The number of hydrogen-bond donors (Lipinski definition) is 4. The summed E-state index contributed by atoms with van der Waals surface area (Å²) in [7, 11) is 0. The van der Waals surface area contributed by atoms with Crippen molar-refractivity contribution in [3.8, 4) is 0 Å². The normalized spacial score (nSPS) is 16.0. The molecule has 0 saturated carbocycles. The van der Waals surface area contributed by atoms with Crippen LogP contribution in [0.3, 0.4) is 0 Å². The van der Waals surface area contributed by atoms with Crippen LogP contribution in [-0.4, -0.2) is 22.2 Å². The van der Waals surface area contributed by atoms with Crippen LogP contribution in [0.25, 0.3) is 11.3 Å². The lowest BCUT2D eigenvalue weighted by Crippen LogP contribution is -2.18. The Morgan fingerprint density at radius 3 is 2.47 bits per heavy atom. The van der Waals surface area contributed by atoms with Gasteiger partial charge in [0.2, 0.25) is 5.91 Å². The van der Waals surface area contributed by atoms with Gasteiger partial charge in [0.15, 0.2) is 6.23 Å². The number of nitrogens with one attached hydrogen (secondary N) is 3. The molecule has 1 unspecified atom stereocenters. The number of rotatable bonds is 6. The molecule has 162 valence electrons. The number of aliphatic hydroxyl groups is 1. The monoisotopic (exact) mass is 430 g/mol. The molecule has 32 heavy (non-hydrogen) atoms. The van der Waals surface area contributed by atoms with Crippen LogP contribution in [0.15, 0.2) is 72.8 Å². The SMILES string of the molecule is CC(=O)NCc1ccc(N/C(=C2/c3cc([N+](=O)[O-])ccc3NC2O)c2ccccc2)cc1. The molecule has 1 heterocycles. The molecule has 0 aromatic heterocycles. The van der Waals surface area contributed by atoms with Crippen molar-refractivity contribution in [3.05, 3.63) is 99.6 Å². The molecule has 3 aromatic rings. The molecule has 0 saturated heterocycles. The van der Waals surface area contributed by atoms with Crippen molar-refractivity contribution in [3.63, 3.8) is 0 Å². The number of aliphatic hydroxyl groups excluding tert-OH is 1. The van der Waals surface area contributed by atoms with E-state index in [1.165, 1.54) is 19.1 Å². The number of carbonyl (C=O) groups excluding carboxylic acids is 1. The smallest absolute Gasteiger partial charge is 0.270 e. The molecule has 8 nitrogen and oxygen atoms in total. The molecule has 0 aliphatic carbocycles. The number of hydrogen-bond acceptors (Lipinski definition) is 6. The first-order chi connectivity index (χ1) is 15.4. The zero-order valence-electron chi connectivity index (χ0n) is 17.3. The van der Waals surface area contributed by atoms with Crippen molar-refractivity contribution in [2.24, 2.45) is 0 Å². The maximum Gasteiger partial charge on any atom is 0.270 e. The van der Waals surface area contributed by atoms with E-state index in [-0.39, 0.29) is 11.6 Å². The molecule has 0 fully saturated rings. The van der Waals surface area contributed by atoms with E-state index in [1.54, 1.807) is 6.07 Å². The first-order valence-corrected chi connectivity index (χ1v) is 10.1. The molecule has 3 aromatic carbocycles. The Balaban J connectivity index is 1.76. The number of anilines is 2. The van der Waals surface area contributed by atoms with E-state index < -0.39 is 11.2 Å². The van der Waals surface area contributed by atoms with Gasteiger partial charge in [0, 0.05) is 48.1 Å². The molecular formula is C24H22N4O4. The third-order valence-corrected chi connectivity index (χ3v) is 5.17. The predicted molar refractivity (Wildman–Crippen MR) is 124 cm³/mol. The molecular weight excluding hydrogens is 408 g/mol. The Hall–Kier alpha value is -4.17. The predicted octanol–water partition coefficient (Wildman–Crippen LogP) is 3.96. The number of nitro groups is 1. The lowest BCUT2D eigenvalue weighted by Gasteiger charge is -2.18. The van der Waals surface area contributed by atoms with Crippen LogP contribution in [0, 0.1) is 10.1 Å². The zero-order chi connectivity index (χ0) is 22.7. The molecule has 1 atom stereocenters. The molecule has 4 N–H and O–H groups in total. The molecule has 1 aliphatic rings. The van der Waals surface area contributed by atoms with Crippen molar-refractivity contribution in [1.82, 2.24) is 5.32 Å². The average Bonchev–Trinajstić information content (AvgIpc) is 3.12. The van der Waals surface area contributed by atoms with Crippen molar-refractivity contribution < 1.29 is 14.8 Å². The number of nitro benzene ring substituents is 1. The summed E-state index contributed by atoms with van der Waals surface area (Å²) in [6.45, 7) is 1.90. The van der Waals surface area contributed by atoms with E-state index in [1.807, 2.05) is 54.6 Å². The van der Waals surface area contributed by atoms with Crippen LogP contribution in [0.4, 0.5) is 17.1 Å². The van der Waals surface area contributed by atoms with Crippen LogP contribution >= 0.6 is 0 Å². The number of carbonyl (C=O) groups is 1.